The molecule has 0 spiro atoms. The highest BCUT2D eigenvalue weighted by atomic mass is 79.9. The molecule has 1 aliphatic rings. The summed E-state index contributed by atoms with van der Waals surface area (Å²) in [6.07, 6.45) is 6.59. The van der Waals surface area contributed by atoms with E-state index in [4.69, 9.17) is 5.73 Å². The summed E-state index contributed by atoms with van der Waals surface area (Å²) in [6.45, 7) is 1.74. The standard InChI is InChI=1S/C16H23BrN2O/c1-12(18)15(20)19-16(9-3-2-4-10-16)11-13-5-7-14(17)8-6-13/h5-8,12H,2-4,9-11,18H2,1H3,(H,19,20)/t12-/m0/s1. The van der Waals surface area contributed by atoms with E-state index in [1.54, 1.807) is 6.92 Å². The maximum atomic E-state index is 12.0. The van der Waals surface area contributed by atoms with Gasteiger partial charge in [0.25, 0.3) is 0 Å². The number of nitrogens with one attached hydrogen (secondary N) is 1. The van der Waals surface area contributed by atoms with Gasteiger partial charge in [0.15, 0.2) is 0 Å². The number of carbonyl (C=O) groups excluding carboxylic acids is 1. The fourth-order valence-electron chi connectivity index (χ4n) is 2.94. The molecule has 4 heteroatoms. The largest absolute Gasteiger partial charge is 0.349 e. The molecular weight excluding hydrogens is 316 g/mol. The monoisotopic (exact) mass is 338 g/mol. The Balaban J connectivity index is 2.14. The number of halogens is 1. The van der Waals surface area contributed by atoms with Gasteiger partial charge in [0.1, 0.15) is 0 Å². The molecule has 0 aliphatic heterocycles. The van der Waals surface area contributed by atoms with Gasteiger partial charge in [0.2, 0.25) is 5.91 Å². The van der Waals surface area contributed by atoms with Crippen LogP contribution in [0.25, 0.3) is 0 Å². The maximum Gasteiger partial charge on any atom is 0.237 e. The highest BCUT2D eigenvalue weighted by molar-refractivity contribution is 9.10. The zero-order valence-electron chi connectivity index (χ0n) is 12.0. The van der Waals surface area contributed by atoms with E-state index < -0.39 is 6.04 Å². The number of nitrogens with two attached hydrogens (primary N) is 1. The van der Waals surface area contributed by atoms with Crippen LogP contribution < -0.4 is 11.1 Å². The maximum absolute atomic E-state index is 12.0. The normalized spacial score (nSPS) is 19.4. The molecule has 0 unspecified atom stereocenters. The second kappa shape index (κ2) is 6.72. The van der Waals surface area contributed by atoms with Crippen molar-refractivity contribution in [2.75, 3.05) is 0 Å². The third-order valence-corrected chi connectivity index (χ3v) is 4.60. The highest BCUT2D eigenvalue weighted by Gasteiger charge is 2.34. The molecule has 20 heavy (non-hydrogen) atoms. The summed E-state index contributed by atoms with van der Waals surface area (Å²) in [5, 5.41) is 3.22. The van der Waals surface area contributed by atoms with Crippen molar-refractivity contribution in [2.45, 2.75) is 57.0 Å². The van der Waals surface area contributed by atoms with Crippen LogP contribution in [0.5, 0.6) is 0 Å². The Kier molecular flexibility index (Phi) is 5.22. The number of benzene rings is 1. The van der Waals surface area contributed by atoms with E-state index >= 15 is 0 Å². The highest BCUT2D eigenvalue weighted by Crippen LogP contribution is 2.31. The number of carbonyl (C=O) groups is 1. The molecular formula is C16H23BrN2O. The number of amides is 1. The van der Waals surface area contributed by atoms with Gasteiger partial charge in [-0.2, -0.15) is 0 Å². The topological polar surface area (TPSA) is 55.1 Å². The smallest absolute Gasteiger partial charge is 0.237 e. The molecule has 1 atom stereocenters. The van der Waals surface area contributed by atoms with Crippen molar-refractivity contribution in [2.24, 2.45) is 5.73 Å². The lowest BCUT2D eigenvalue weighted by Crippen LogP contribution is -2.55. The molecule has 1 fully saturated rings. The SMILES string of the molecule is C[C@H](N)C(=O)NC1(Cc2ccc(Br)cc2)CCCCC1. The average Bonchev–Trinajstić information content (AvgIpc) is 2.42. The molecule has 1 aliphatic carbocycles. The van der Waals surface area contributed by atoms with Crippen LogP contribution in [0.4, 0.5) is 0 Å². The van der Waals surface area contributed by atoms with Gasteiger partial charge in [-0.1, -0.05) is 47.3 Å². The molecule has 110 valence electrons. The first-order valence-electron chi connectivity index (χ1n) is 7.33. The van der Waals surface area contributed by atoms with Gasteiger partial charge < -0.3 is 11.1 Å². The van der Waals surface area contributed by atoms with Crippen molar-refractivity contribution in [1.82, 2.24) is 5.32 Å². The van der Waals surface area contributed by atoms with Crippen LogP contribution in [0.1, 0.15) is 44.6 Å². The van der Waals surface area contributed by atoms with Crippen molar-refractivity contribution >= 4 is 21.8 Å². The Morgan fingerprint density at radius 2 is 1.90 bits per heavy atom. The minimum atomic E-state index is -0.446. The van der Waals surface area contributed by atoms with E-state index in [1.807, 2.05) is 0 Å². The second-order valence-corrected chi connectivity index (χ2v) is 6.84. The van der Waals surface area contributed by atoms with Crippen LogP contribution in [0.3, 0.4) is 0 Å². The lowest BCUT2D eigenvalue weighted by atomic mass is 9.77. The Morgan fingerprint density at radius 3 is 2.45 bits per heavy atom. The Hall–Kier alpha value is -0.870. The number of rotatable bonds is 4. The zero-order valence-corrected chi connectivity index (χ0v) is 13.6. The molecule has 1 aromatic rings. The third kappa shape index (κ3) is 4.06. The Morgan fingerprint density at radius 1 is 1.30 bits per heavy atom. The molecule has 1 aromatic carbocycles. The third-order valence-electron chi connectivity index (χ3n) is 4.07. The van der Waals surface area contributed by atoms with E-state index in [0.29, 0.717) is 0 Å². The summed E-state index contributed by atoms with van der Waals surface area (Å²) in [5.74, 6) is -0.0380. The van der Waals surface area contributed by atoms with Crippen LogP contribution in [0, 0.1) is 0 Å². The molecule has 1 amide bonds. The minimum absolute atomic E-state index is 0.0380. The first-order valence-corrected chi connectivity index (χ1v) is 8.12. The Bertz CT molecular complexity index is 450. The quantitative estimate of drug-likeness (QED) is 0.885. The van der Waals surface area contributed by atoms with E-state index in [1.165, 1.54) is 24.8 Å². The van der Waals surface area contributed by atoms with Gasteiger partial charge in [0, 0.05) is 10.0 Å². The average molecular weight is 339 g/mol. The van der Waals surface area contributed by atoms with Crippen LogP contribution in [0.15, 0.2) is 28.7 Å². The summed E-state index contributed by atoms with van der Waals surface area (Å²) >= 11 is 3.46. The minimum Gasteiger partial charge on any atom is -0.349 e. The van der Waals surface area contributed by atoms with Crippen LogP contribution in [0.2, 0.25) is 0 Å². The summed E-state index contributed by atoms with van der Waals surface area (Å²) in [6, 6.07) is 7.91. The van der Waals surface area contributed by atoms with Crippen molar-refractivity contribution in [3.63, 3.8) is 0 Å². The van der Waals surface area contributed by atoms with Gasteiger partial charge >= 0.3 is 0 Å². The van der Waals surface area contributed by atoms with E-state index in [2.05, 4.69) is 45.5 Å². The van der Waals surface area contributed by atoms with Crippen LogP contribution in [-0.2, 0) is 11.2 Å². The number of hydrogen-bond donors (Lipinski definition) is 2. The first kappa shape index (κ1) is 15.5. The van der Waals surface area contributed by atoms with Crippen LogP contribution in [-0.4, -0.2) is 17.5 Å². The van der Waals surface area contributed by atoms with Crippen molar-refractivity contribution in [1.29, 1.82) is 0 Å². The van der Waals surface area contributed by atoms with E-state index in [-0.39, 0.29) is 11.4 Å². The predicted octanol–water partition coefficient (Wildman–Crippen LogP) is 3.16. The lowest BCUT2D eigenvalue weighted by Gasteiger charge is -2.39. The van der Waals surface area contributed by atoms with Gasteiger partial charge in [-0.25, -0.2) is 0 Å². The second-order valence-electron chi connectivity index (χ2n) is 5.92. The van der Waals surface area contributed by atoms with Gasteiger partial charge in [-0.05, 0) is 43.9 Å². The molecule has 0 saturated heterocycles. The lowest BCUT2D eigenvalue weighted by molar-refractivity contribution is -0.124. The molecule has 2 rings (SSSR count). The molecule has 0 aromatic heterocycles. The molecule has 3 N–H and O–H groups in total. The van der Waals surface area contributed by atoms with Crippen molar-refractivity contribution in [3.05, 3.63) is 34.3 Å². The van der Waals surface area contributed by atoms with Gasteiger partial charge in [-0.15, -0.1) is 0 Å². The van der Waals surface area contributed by atoms with Gasteiger partial charge in [-0.3, -0.25) is 4.79 Å². The molecule has 0 radical (unpaired) electrons. The Labute approximate surface area is 129 Å². The molecule has 0 heterocycles. The van der Waals surface area contributed by atoms with E-state index in [0.717, 1.165) is 23.7 Å². The fourth-order valence-corrected chi connectivity index (χ4v) is 3.21. The summed E-state index contributed by atoms with van der Waals surface area (Å²) in [5.41, 5.74) is 6.86. The molecule has 1 saturated carbocycles. The fraction of sp³-hybridized carbons (Fsp3) is 0.562. The summed E-state index contributed by atoms with van der Waals surface area (Å²) < 4.78 is 1.08. The van der Waals surface area contributed by atoms with E-state index in [9.17, 15) is 4.79 Å². The summed E-state index contributed by atoms with van der Waals surface area (Å²) in [4.78, 5) is 12.0. The van der Waals surface area contributed by atoms with Gasteiger partial charge in [0.05, 0.1) is 6.04 Å². The zero-order chi connectivity index (χ0) is 14.6. The molecule has 3 nitrogen and oxygen atoms in total. The summed E-state index contributed by atoms with van der Waals surface area (Å²) in [7, 11) is 0. The first-order chi connectivity index (χ1) is 9.51. The number of hydrogen-bond acceptors (Lipinski definition) is 2. The van der Waals surface area contributed by atoms with Crippen LogP contribution >= 0.6 is 15.9 Å². The predicted molar refractivity (Wildman–Crippen MR) is 85.5 cm³/mol. The molecule has 0 bridgehead atoms. The van der Waals surface area contributed by atoms with Crippen molar-refractivity contribution < 1.29 is 4.79 Å². The van der Waals surface area contributed by atoms with Crippen molar-refractivity contribution in [3.8, 4) is 0 Å².